The molecule has 3 rings (SSSR count). The third kappa shape index (κ3) is 5.69. The lowest BCUT2D eigenvalue weighted by Crippen LogP contribution is -2.30. The minimum absolute atomic E-state index is 0.0150. The van der Waals surface area contributed by atoms with Gasteiger partial charge in [0.25, 0.3) is 0 Å². The highest BCUT2D eigenvalue weighted by molar-refractivity contribution is 7.89. The van der Waals surface area contributed by atoms with Gasteiger partial charge in [-0.25, -0.2) is 13.4 Å². The number of nitrogens with zero attached hydrogens (tertiary/aromatic N) is 2. The molecular formula is C23H29N3O3S. The Morgan fingerprint density at radius 1 is 1.07 bits per heavy atom. The molecule has 1 atom stereocenters. The highest BCUT2D eigenvalue weighted by Crippen LogP contribution is 2.19. The first-order chi connectivity index (χ1) is 14.1. The Kier molecular flexibility index (Phi) is 6.61. The Balaban J connectivity index is 1.75. The Bertz CT molecular complexity index is 1130. The number of carbonyl (C=O) groups is 1. The van der Waals surface area contributed by atoms with Gasteiger partial charge in [0.1, 0.15) is 18.1 Å². The van der Waals surface area contributed by atoms with Gasteiger partial charge in [0.05, 0.1) is 17.1 Å². The van der Waals surface area contributed by atoms with Gasteiger partial charge < -0.3 is 9.88 Å². The van der Waals surface area contributed by atoms with E-state index in [0.29, 0.717) is 17.3 Å². The van der Waals surface area contributed by atoms with Crippen molar-refractivity contribution in [2.75, 3.05) is 6.26 Å². The second-order valence-electron chi connectivity index (χ2n) is 8.30. The maximum atomic E-state index is 12.8. The summed E-state index contributed by atoms with van der Waals surface area (Å²) in [4.78, 5) is 17.2. The third-order valence-corrected chi connectivity index (χ3v) is 5.71. The third-order valence-electron chi connectivity index (χ3n) is 4.93. The van der Waals surface area contributed by atoms with Crippen molar-refractivity contribution in [1.82, 2.24) is 14.9 Å². The lowest BCUT2D eigenvalue weighted by atomic mass is 10.00. The van der Waals surface area contributed by atoms with Crippen LogP contribution in [0.25, 0.3) is 11.0 Å². The number of carbonyl (C=O) groups excluding carboxylic acids is 1. The zero-order chi connectivity index (χ0) is 21.9. The molecule has 0 aliphatic carbocycles. The van der Waals surface area contributed by atoms with Gasteiger partial charge in [-0.3, -0.25) is 4.79 Å². The number of fused-ring (bicyclic) bond motifs is 1. The smallest absolute Gasteiger partial charge is 0.240 e. The number of amides is 1. The molecule has 30 heavy (non-hydrogen) atoms. The first kappa shape index (κ1) is 22.0. The van der Waals surface area contributed by atoms with Crippen LogP contribution >= 0.6 is 0 Å². The van der Waals surface area contributed by atoms with Gasteiger partial charge >= 0.3 is 0 Å². The van der Waals surface area contributed by atoms with Crippen molar-refractivity contribution in [2.24, 2.45) is 5.92 Å². The van der Waals surface area contributed by atoms with E-state index in [1.54, 1.807) is 4.57 Å². The molecule has 0 radical (unpaired) electrons. The summed E-state index contributed by atoms with van der Waals surface area (Å²) in [7, 11) is -3.28. The number of hydrogen-bond acceptors (Lipinski definition) is 4. The van der Waals surface area contributed by atoms with Crippen LogP contribution < -0.4 is 5.32 Å². The number of hydrogen-bond donors (Lipinski definition) is 1. The van der Waals surface area contributed by atoms with Crippen LogP contribution in [0.4, 0.5) is 0 Å². The number of para-hydroxylation sites is 2. The maximum Gasteiger partial charge on any atom is 0.240 e. The predicted octanol–water partition coefficient (Wildman–Crippen LogP) is 3.66. The molecule has 3 aromatic rings. The van der Waals surface area contributed by atoms with Crippen LogP contribution in [-0.2, 0) is 33.4 Å². The number of benzene rings is 2. The van der Waals surface area contributed by atoms with E-state index in [4.69, 9.17) is 0 Å². The normalized spacial score (nSPS) is 13.0. The van der Waals surface area contributed by atoms with E-state index < -0.39 is 9.84 Å². The van der Waals surface area contributed by atoms with Crippen molar-refractivity contribution in [3.8, 4) is 0 Å². The summed E-state index contributed by atoms with van der Waals surface area (Å²) >= 11 is 0. The molecule has 0 bridgehead atoms. The molecule has 0 saturated heterocycles. The lowest BCUT2D eigenvalue weighted by molar-refractivity contribution is -0.122. The van der Waals surface area contributed by atoms with Crippen molar-refractivity contribution in [3.63, 3.8) is 0 Å². The molecule has 1 aromatic heterocycles. The quantitative estimate of drug-likeness (QED) is 0.595. The predicted molar refractivity (Wildman–Crippen MR) is 120 cm³/mol. The van der Waals surface area contributed by atoms with E-state index in [-0.39, 0.29) is 24.2 Å². The van der Waals surface area contributed by atoms with Crippen LogP contribution in [0.3, 0.4) is 0 Å². The van der Waals surface area contributed by atoms with Crippen molar-refractivity contribution in [3.05, 3.63) is 65.5 Å². The van der Waals surface area contributed by atoms with Crippen LogP contribution in [0, 0.1) is 5.92 Å². The highest BCUT2D eigenvalue weighted by atomic mass is 32.2. The van der Waals surface area contributed by atoms with Crippen LogP contribution in [0.1, 0.15) is 43.8 Å². The minimum Gasteiger partial charge on any atom is -0.348 e. The Hall–Kier alpha value is -2.67. The molecule has 160 valence electrons. The van der Waals surface area contributed by atoms with Crippen molar-refractivity contribution in [2.45, 2.75) is 45.5 Å². The number of imidazole rings is 1. The average molecular weight is 428 g/mol. The van der Waals surface area contributed by atoms with Crippen LogP contribution in [0.15, 0.2) is 48.5 Å². The lowest BCUT2D eigenvalue weighted by Gasteiger charge is -2.16. The molecule has 6 nitrogen and oxygen atoms in total. The van der Waals surface area contributed by atoms with Crippen molar-refractivity contribution < 1.29 is 13.2 Å². The first-order valence-electron chi connectivity index (χ1n) is 10.1. The number of nitrogens with one attached hydrogen (secondary N) is 1. The number of aromatic nitrogens is 2. The topological polar surface area (TPSA) is 81.1 Å². The zero-order valence-electron chi connectivity index (χ0n) is 17.9. The van der Waals surface area contributed by atoms with Gasteiger partial charge in [-0.05, 0) is 42.5 Å². The van der Waals surface area contributed by atoms with E-state index >= 15 is 0 Å². The van der Waals surface area contributed by atoms with Crippen molar-refractivity contribution in [1.29, 1.82) is 0 Å². The minimum atomic E-state index is -3.28. The fourth-order valence-corrected chi connectivity index (χ4v) is 4.26. The summed E-state index contributed by atoms with van der Waals surface area (Å²) in [5.74, 6) is 0.576. The van der Waals surface area contributed by atoms with Crippen LogP contribution in [-0.4, -0.2) is 30.1 Å². The summed E-state index contributed by atoms with van der Waals surface area (Å²) in [6.45, 7) is 6.34. The molecule has 1 N–H and O–H groups in total. The van der Waals surface area contributed by atoms with Gasteiger partial charge in [0.2, 0.25) is 5.91 Å². The molecule has 1 amide bonds. The monoisotopic (exact) mass is 427 g/mol. The van der Waals surface area contributed by atoms with Crippen LogP contribution in [0.5, 0.6) is 0 Å². The summed E-state index contributed by atoms with van der Waals surface area (Å²) in [6.07, 6.45) is 2.19. The summed E-state index contributed by atoms with van der Waals surface area (Å²) in [6, 6.07) is 15.5. The molecule has 0 aliphatic heterocycles. The van der Waals surface area contributed by atoms with Gasteiger partial charge in [0, 0.05) is 6.26 Å². The fraction of sp³-hybridized carbons (Fsp3) is 0.391. The first-order valence-corrected chi connectivity index (χ1v) is 12.2. The van der Waals surface area contributed by atoms with Gasteiger partial charge in [-0.15, -0.1) is 0 Å². The zero-order valence-corrected chi connectivity index (χ0v) is 18.7. The molecule has 0 fully saturated rings. The SMILES string of the molecule is CC(C)Cc1ccc([C@H](C)NC(=O)Cn2c(CS(C)(=O)=O)nc3ccccc32)cc1. The Labute approximate surface area is 178 Å². The number of rotatable bonds is 8. The summed E-state index contributed by atoms with van der Waals surface area (Å²) in [5, 5.41) is 3.01. The molecular weight excluding hydrogens is 398 g/mol. The van der Waals surface area contributed by atoms with E-state index in [9.17, 15) is 13.2 Å². The highest BCUT2D eigenvalue weighted by Gasteiger charge is 2.18. The molecule has 7 heteroatoms. The van der Waals surface area contributed by atoms with Crippen molar-refractivity contribution >= 4 is 26.8 Å². The molecule has 0 unspecified atom stereocenters. The Morgan fingerprint density at radius 2 is 1.73 bits per heavy atom. The summed E-state index contributed by atoms with van der Waals surface area (Å²) in [5.41, 5.74) is 3.74. The molecule has 2 aromatic carbocycles. The number of sulfone groups is 1. The second kappa shape index (κ2) is 9.00. The molecule has 1 heterocycles. The van der Waals surface area contributed by atoms with E-state index in [1.165, 1.54) is 11.8 Å². The summed E-state index contributed by atoms with van der Waals surface area (Å²) < 4.78 is 25.3. The second-order valence-corrected chi connectivity index (χ2v) is 10.4. The van der Waals surface area contributed by atoms with E-state index in [0.717, 1.165) is 17.5 Å². The standard InChI is InChI=1S/C23H29N3O3S/c1-16(2)13-18-9-11-19(12-10-18)17(3)24-23(27)14-26-21-8-6-5-7-20(21)25-22(26)15-30(4,28)29/h5-12,16-17H,13-15H2,1-4H3,(H,24,27)/t17-/m0/s1. The van der Waals surface area contributed by atoms with E-state index in [2.05, 4.69) is 36.3 Å². The van der Waals surface area contributed by atoms with Gasteiger partial charge in [-0.1, -0.05) is 50.2 Å². The van der Waals surface area contributed by atoms with E-state index in [1.807, 2.05) is 43.3 Å². The van der Waals surface area contributed by atoms with Gasteiger partial charge in [-0.2, -0.15) is 0 Å². The van der Waals surface area contributed by atoms with Gasteiger partial charge in [0.15, 0.2) is 9.84 Å². The fourth-order valence-electron chi connectivity index (χ4n) is 3.57. The maximum absolute atomic E-state index is 12.8. The molecule has 0 aliphatic rings. The Morgan fingerprint density at radius 3 is 2.37 bits per heavy atom. The average Bonchev–Trinajstić information content (AvgIpc) is 2.97. The largest absolute Gasteiger partial charge is 0.348 e. The molecule has 0 saturated carbocycles. The molecule has 0 spiro atoms. The van der Waals surface area contributed by atoms with Crippen LogP contribution in [0.2, 0.25) is 0 Å².